The van der Waals surface area contributed by atoms with Gasteiger partial charge in [0.1, 0.15) is 5.75 Å². The zero-order valence-corrected chi connectivity index (χ0v) is 16.9. The first kappa shape index (κ1) is 19.7. The van der Waals surface area contributed by atoms with Gasteiger partial charge in [-0.05, 0) is 49.2 Å². The Morgan fingerprint density at radius 1 is 0.963 bits per heavy atom. The molecule has 1 saturated heterocycles. The summed E-state index contributed by atoms with van der Waals surface area (Å²) in [7, 11) is -3.47. The molecule has 3 rings (SSSR count). The number of benzene rings is 2. The maximum Gasteiger partial charge on any atom is 0.243 e. The number of hydrogen-bond donors (Lipinski definition) is 0. The number of nitrogens with zero attached hydrogens (tertiary/aromatic N) is 2. The number of sulfonamides is 1. The Bertz CT molecular complexity index is 842. The predicted molar refractivity (Wildman–Crippen MR) is 109 cm³/mol. The Kier molecular flexibility index (Phi) is 6.39. The Morgan fingerprint density at radius 2 is 1.63 bits per heavy atom. The maximum atomic E-state index is 12.9. The second-order valence-corrected chi connectivity index (χ2v) is 8.79. The van der Waals surface area contributed by atoms with Crippen molar-refractivity contribution in [1.29, 1.82) is 0 Å². The molecule has 1 aliphatic rings. The lowest BCUT2D eigenvalue weighted by Crippen LogP contribution is -2.48. The van der Waals surface area contributed by atoms with Crippen molar-refractivity contribution < 1.29 is 13.2 Å². The summed E-state index contributed by atoms with van der Waals surface area (Å²) in [6.07, 6.45) is 2.06. The van der Waals surface area contributed by atoms with Crippen LogP contribution in [0, 0.1) is 6.92 Å². The van der Waals surface area contributed by atoms with Gasteiger partial charge in [-0.1, -0.05) is 31.5 Å². The second-order valence-electron chi connectivity index (χ2n) is 6.85. The van der Waals surface area contributed by atoms with Crippen LogP contribution in [-0.2, 0) is 10.0 Å². The van der Waals surface area contributed by atoms with E-state index >= 15 is 0 Å². The van der Waals surface area contributed by atoms with E-state index in [2.05, 4.69) is 30.9 Å². The van der Waals surface area contributed by atoms with E-state index in [1.54, 1.807) is 28.6 Å². The fraction of sp³-hybridized carbons (Fsp3) is 0.429. The average molecular weight is 389 g/mol. The smallest absolute Gasteiger partial charge is 0.243 e. The monoisotopic (exact) mass is 388 g/mol. The first-order chi connectivity index (χ1) is 13.0. The number of ether oxygens (including phenoxy) is 1. The third kappa shape index (κ3) is 4.62. The molecule has 27 heavy (non-hydrogen) atoms. The topological polar surface area (TPSA) is 49.9 Å². The van der Waals surface area contributed by atoms with Crippen molar-refractivity contribution in [3.63, 3.8) is 0 Å². The van der Waals surface area contributed by atoms with Crippen LogP contribution in [0.5, 0.6) is 5.75 Å². The van der Waals surface area contributed by atoms with Gasteiger partial charge < -0.3 is 9.64 Å². The van der Waals surface area contributed by atoms with Crippen molar-refractivity contribution in [2.45, 2.75) is 31.6 Å². The summed E-state index contributed by atoms with van der Waals surface area (Å²) < 4.78 is 33.1. The summed E-state index contributed by atoms with van der Waals surface area (Å²) in [5, 5.41) is 0. The Labute approximate surface area is 162 Å². The molecular weight excluding hydrogens is 360 g/mol. The van der Waals surface area contributed by atoms with E-state index in [-0.39, 0.29) is 0 Å². The molecule has 0 saturated carbocycles. The fourth-order valence-electron chi connectivity index (χ4n) is 3.28. The Morgan fingerprint density at radius 3 is 2.26 bits per heavy atom. The minimum absolute atomic E-state index is 0.328. The van der Waals surface area contributed by atoms with E-state index in [1.807, 2.05) is 12.1 Å². The molecule has 5 nitrogen and oxygen atoms in total. The molecule has 1 fully saturated rings. The zero-order valence-electron chi connectivity index (χ0n) is 16.1. The van der Waals surface area contributed by atoms with E-state index in [0.29, 0.717) is 43.4 Å². The fourth-order valence-corrected chi connectivity index (χ4v) is 4.70. The van der Waals surface area contributed by atoms with Crippen LogP contribution in [0.15, 0.2) is 53.4 Å². The first-order valence-corrected chi connectivity index (χ1v) is 11.0. The van der Waals surface area contributed by atoms with Crippen LogP contribution in [-0.4, -0.2) is 45.5 Å². The third-order valence-corrected chi connectivity index (χ3v) is 6.84. The molecule has 0 unspecified atom stereocenters. The second kappa shape index (κ2) is 8.76. The minimum atomic E-state index is -3.47. The summed E-state index contributed by atoms with van der Waals surface area (Å²) in [6, 6.07) is 15.0. The van der Waals surface area contributed by atoms with Gasteiger partial charge in [-0.25, -0.2) is 8.42 Å². The van der Waals surface area contributed by atoms with Crippen molar-refractivity contribution in [3.05, 3.63) is 54.1 Å². The molecule has 0 N–H and O–H groups in total. The van der Waals surface area contributed by atoms with Crippen LogP contribution < -0.4 is 9.64 Å². The number of rotatable bonds is 7. The lowest BCUT2D eigenvalue weighted by Gasteiger charge is -2.36. The lowest BCUT2D eigenvalue weighted by molar-refractivity contribution is 0.309. The number of piperazine rings is 1. The summed E-state index contributed by atoms with van der Waals surface area (Å²) >= 11 is 0. The molecule has 0 radical (unpaired) electrons. The van der Waals surface area contributed by atoms with Crippen LogP contribution in [0.25, 0.3) is 0 Å². The van der Waals surface area contributed by atoms with Crippen LogP contribution >= 0.6 is 0 Å². The van der Waals surface area contributed by atoms with Crippen molar-refractivity contribution >= 4 is 15.7 Å². The van der Waals surface area contributed by atoms with E-state index in [9.17, 15) is 8.42 Å². The van der Waals surface area contributed by atoms with Crippen molar-refractivity contribution in [3.8, 4) is 5.75 Å². The highest BCUT2D eigenvalue weighted by Gasteiger charge is 2.28. The molecular formula is C21H28N2O3S. The highest BCUT2D eigenvalue weighted by atomic mass is 32.2. The van der Waals surface area contributed by atoms with Crippen molar-refractivity contribution in [1.82, 2.24) is 4.31 Å². The van der Waals surface area contributed by atoms with Gasteiger partial charge in [0.05, 0.1) is 11.5 Å². The van der Waals surface area contributed by atoms with Gasteiger partial charge in [0, 0.05) is 31.9 Å². The van der Waals surface area contributed by atoms with Gasteiger partial charge in [-0.2, -0.15) is 4.31 Å². The molecule has 0 amide bonds. The van der Waals surface area contributed by atoms with Gasteiger partial charge in [0.25, 0.3) is 0 Å². The molecule has 0 atom stereocenters. The maximum absolute atomic E-state index is 12.9. The standard InChI is InChI=1S/C21H28N2O3S/c1-3-4-17-26-19-9-11-20(12-10-19)27(24,25)23-15-13-22(14-16-23)21-8-6-5-7-18(21)2/h5-12H,3-4,13-17H2,1-2H3. The SMILES string of the molecule is CCCCOc1ccc(S(=O)(=O)N2CCN(c3ccccc3C)CC2)cc1. The molecule has 0 bridgehead atoms. The van der Waals surface area contributed by atoms with E-state index < -0.39 is 10.0 Å². The Balaban J connectivity index is 1.64. The number of anilines is 1. The van der Waals surface area contributed by atoms with Gasteiger partial charge in [0.2, 0.25) is 10.0 Å². The summed E-state index contributed by atoms with van der Waals surface area (Å²) in [5.41, 5.74) is 2.40. The molecule has 2 aromatic carbocycles. The third-order valence-electron chi connectivity index (χ3n) is 4.92. The predicted octanol–water partition coefficient (Wildman–Crippen LogP) is 3.68. The number of hydrogen-bond acceptors (Lipinski definition) is 4. The molecule has 146 valence electrons. The van der Waals surface area contributed by atoms with Crippen LogP contribution in [0.1, 0.15) is 25.3 Å². The van der Waals surface area contributed by atoms with Crippen LogP contribution in [0.4, 0.5) is 5.69 Å². The largest absolute Gasteiger partial charge is 0.494 e. The first-order valence-electron chi connectivity index (χ1n) is 9.56. The average Bonchev–Trinajstić information content (AvgIpc) is 2.69. The minimum Gasteiger partial charge on any atom is -0.494 e. The van der Waals surface area contributed by atoms with Gasteiger partial charge in [0.15, 0.2) is 0 Å². The highest BCUT2D eigenvalue weighted by Crippen LogP contribution is 2.24. The highest BCUT2D eigenvalue weighted by molar-refractivity contribution is 7.89. The summed E-state index contributed by atoms with van der Waals surface area (Å²) in [6.45, 7) is 7.23. The van der Waals surface area contributed by atoms with E-state index in [4.69, 9.17) is 4.74 Å². The summed E-state index contributed by atoms with van der Waals surface area (Å²) in [4.78, 5) is 2.58. The van der Waals surface area contributed by atoms with Crippen LogP contribution in [0.3, 0.4) is 0 Å². The normalized spacial score (nSPS) is 15.7. The van der Waals surface area contributed by atoms with E-state index in [1.165, 1.54) is 11.3 Å². The number of unbranched alkanes of at least 4 members (excludes halogenated alkanes) is 1. The molecule has 6 heteroatoms. The molecule has 2 aromatic rings. The molecule has 1 heterocycles. The number of aryl methyl sites for hydroxylation is 1. The molecule has 0 aromatic heterocycles. The van der Waals surface area contributed by atoms with Crippen LogP contribution in [0.2, 0.25) is 0 Å². The Hall–Kier alpha value is -2.05. The van der Waals surface area contributed by atoms with Crippen molar-refractivity contribution in [2.24, 2.45) is 0 Å². The van der Waals surface area contributed by atoms with Crippen molar-refractivity contribution in [2.75, 3.05) is 37.7 Å². The van der Waals surface area contributed by atoms with Gasteiger partial charge in [-0.15, -0.1) is 0 Å². The van der Waals surface area contributed by atoms with E-state index in [0.717, 1.165) is 12.8 Å². The molecule has 1 aliphatic heterocycles. The number of para-hydroxylation sites is 1. The summed E-state index contributed by atoms with van der Waals surface area (Å²) in [5.74, 6) is 0.715. The quantitative estimate of drug-likeness (QED) is 0.679. The zero-order chi connectivity index (χ0) is 19.3. The van der Waals surface area contributed by atoms with Gasteiger partial charge >= 0.3 is 0 Å². The lowest BCUT2D eigenvalue weighted by atomic mass is 10.1. The van der Waals surface area contributed by atoms with Gasteiger partial charge in [-0.3, -0.25) is 0 Å². The molecule has 0 aliphatic carbocycles. The molecule has 0 spiro atoms.